The van der Waals surface area contributed by atoms with Gasteiger partial charge < -0.3 is 10.6 Å². The van der Waals surface area contributed by atoms with Crippen LogP contribution in [0.2, 0.25) is 0 Å². The highest BCUT2D eigenvalue weighted by atomic mass is 32.2. The van der Waals surface area contributed by atoms with Gasteiger partial charge in [0.2, 0.25) is 17.0 Å². The van der Waals surface area contributed by atoms with Crippen molar-refractivity contribution in [3.63, 3.8) is 0 Å². The summed E-state index contributed by atoms with van der Waals surface area (Å²) < 4.78 is 3.64. The smallest absolute Gasteiger partial charge is 0.232 e. The molecule has 9 heteroatoms. The Labute approximate surface area is 180 Å². The lowest BCUT2D eigenvalue weighted by atomic mass is 9.85. The van der Waals surface area contributed by atoms with E-state index in [1.807, 2.05) is 63.0 Å². The van der Waals surface area contributed by atoms with Crippen LogP contribution in [0.25, 0.3) is 0 Å². The van der Waals surface area contributed by atoms with Gasteiger partial charge in [-0.25, -0.2) is 4.68 Å². The van der Waals surface area contributed by atoms with Crippen LogP contribution in [0.1, 0.15) is 36.7 Å². The van der Waals surface area contributed by atoms with Crippen molar-refractivity contribution >= 4 is 29.3 Å². The van der Waals surface area contributed by atoms with Crippen LogP contribution >= 0.6 is 11.8 Å². The summed E-state index contributed by atoms with van der Waals surface area (Å²) in [6.45, 7) is 8.05. The third-order valence-corrected chi connectivity index (χ3v) is 6.18. The minimum Gasteiger partial charge on any atom is -0.351 e. The minimum atomic E-state index is -0.388. The Bertz CT molecular complexity index is 1070. The summed E-state index contributed by atoms with van der Waals surface area (Å²) in [6.07, 6.45) is 1.98. The van der Waals surface area contributed by atoms with Crippen molar-refractivity contribution in [1.29, 1.82) is 0 Å². The molecule has 30 heavy (non-hydrogen) atoms. The molecule has 1 aromatic carbocycles. The van der Waals surface area contributed by atoms with Crippen molar-refractivity contribution in [1.82, 2.24) is 24.5 Å². The van der Waals surface area contributed by atoms with Gasteiger partial charge in [-0.2, -0.15) is 10.1 Å². The number of benzene rings is 1. The second kappa shape index (κ2) is 8.14. The molecule has 1 aliphatic rings. The van der Waals surface area contributed by atoms with Crippen molar-refractivity contribution in [2.75, 3.05) is 16.4 Å². The Morgan fingerprint density at radius 1 is 1.27 bits per heavy atom. The fourth-order valence-corrected chi connectivity index (χ4v) is 4.59. The minimum absolute atomic E-state index is 0.0524. The monoisotopic (exact) mass is 425 g/mol. The number of aromatic nitrogens is 5. The zero-order chi connectivity index (χ0) is 21.4. The molecule has 3 heterocycles. The Morgan fingerprint density at radius 2 is 2.03 bits per heavy atom. The molecule has 0 saturated carbocycles. The van der Waals surface area contributed by atoms with E-state index < -0.39 is 0 Å². The van der Waals surface area contributed by atoms with E-state index in [4.69, 9.17) is 5.10 Å². The van der Waals surface area contributed by atoms with Crippen LogP contribution in [0.5, 0.6) is 0 Å². The maximum absolute atomic E-state index is 13.5. The number of carbonyl (C=O) groups excluding carboxylic acids is 1. The number of anilines is 2. The summed E-state index contributed by atoms with van der Waals surface area (Å²) >= 11 is 1.59. The first-order valence-corrected chi connectivity index (χ1v) is 11.1. The lowest BCUT2D eigenvalue weighted by molar-refractivity contribution is -0.121. The molecule has 0 aliphatic carbocycles. The first-order valence-electron chi connectivity index (χ1n) is 10.1. The fraction of sp³-hybridized carbons (Fsp3) is 0.429. The summed E-state index contributed by atoms with van der Waals surface area (Å²) in [5.74, 6) is 1.13. The zero-order valence-electron chi connectivity index (χ0n) is 17.9. The molecule has 1 amide bonds. The van der Waals surface area contributed by atoms with Gasteiger partial charge in [-0.15, -0.1) is 5.10 Å². The molecule has 2 aromatic heterocycles. The predicted molar refractivity (Wildman–Crippen MR) is 119 cm³/mol. The molecule has 0 fully saturated rings. The fourth-order valence-electron chi connectivity index (χ4n) is 4.04. The zero-order valence-corrected chi connectivity index (χ0v) is 18.7. The van der Waals surface area contributed by atoms with Gasteiger partial charge in [-0.1, -0.05) is 36.9 Å². The topological polar surface area (TPSA) is 89.7 Å². The number of para-hydroxylation sites is 1. The predicted octanol–water partition coefficient (Wildman–Crippen LogP) is 3.40. The number of hydrogen-bond acceptors (Lipinski definition) is 6. The van der Waals surface area contributed by atoms with Gasteiger partial charge in [0, 0.05) is 30.5 Å². The van der Waals surface area contributed by atoms with Crippen molar-refractivity contribution in [3.05, 3.63) is 47.3 Å². The molecule has 3 aromatic rings. The van der Waals surface area contributed by atoms with Crippen LogP contribution in [-0.4, -0.2) is 42.2 Å². The maximum Gasteiger partial charge on any atom is 0.232 e. The average molecular weight is 426 g/mol. The van der Waals surface area contributed by atoms with Crippen LogP contribution < -0.4 is 10.6 Å². The molecule has 158 valence electrons. The van der Waals surface area contributed by atoms with E-state index in [0.717, 1.165) is 28.3 Å². The Hall–Kier alpha value is -2.81. The lowest BCUT2D eigenvalue weighted by Gasteiger charge is -2.36. The molecular formula is C21H27N7OS. The summed E-state index contributed by atoms with van der Waals surface area (Å²) in [7, 11) is 1.89. The first kappa shape index (κ1) is 20.5. The lowest BCUT2D eigenvalue weighted by Crippen LogP contribution is -2.46. The van der Waals surface area contributed by atoms with Gasteiger partial charge in [-0.3, -0.25) is 9.48 Å². The number of aryl methyl sites for hydroxylation is 3. The number of thioether (sulfide) groups is 1. The second-order valence-electron chi connectivity index (χ2n) is 7.65. The van der Waals surface area contributed by atoms with E-state index >= 15 is 0 Å². The molecule has 0 spiro atoms. The van der Waals surface area contributed by atoms with Gasteiger partial charge in [0.25, 0.3) is 0 Å². The van der Waals surface area contributed by atoms with E-state index in [-0.39, 0.29) is 23.9 Å². The third-order valence-electron chi connectivity index (χ3n) is 5.46. The quantitative estimate of drug-likeness (QED) is 0.609. The van der Waals surface area contributed by atoms with E-state index in [9.17, 15) is 4.79 Å². The molecule has 8 nitrogen and oxygen atoms in total. The van der Waals surface area contributed by atoms with Gasteiger partial charge in [0.1, 0.15) is 0 Å². The molecule has 2 N–H and O–H groups in total. The van der Waals surface area contributed by atoms with Crippen LogP contribution in [0, 0.1) is 19.8 Å². The number of carbonyl (C=O) groups is 1. The van der Waals surface area contributed by atoms with Crippen molar-refractivity contribution < 1.29 is 4.79 Å². The Morgan fingerprint density at radius 3 is 2.70 bits per heavy atom. The standard InChI is InChI=1S/C21H27N7OS/c1-6-30-21-24-20-22-14(4)17(19(29)23-16-10-8-7-9-12(16)2)18(28(20)26-21)15-11-27(5)25-13(15)3/h7-11,14,17-18H,6H2,1-5H3,(H,23,29)(H,22,24,26)/t14-,17+,18+/m0/s1. The van der Waals surface area contributed by atoms with Gasteiger partial charge in [0.15, 0.2) is 0 Å². The Kier molecular flexibility index (Phi) is 5.55. The molecular weight excluding hydrogens is 398 g/mol. The SMILES string of the molecule is CCSc1nc2n(n1)[C@H](c1cn(C)nc1C)[C@H](C(=O)Nc1ccccc1C)[C@H](C)N2. The molecule has 0 bridgehead atoms. The van der Waals surface area contributed by atoms with Gasteiger partial charge in [0.05, 0.1) is 17.7 Å². The van der Waals surface area contributed by atoms with E-state index in [1.54, 1.807) is 16.4 Å². The van der Waals surface area contributed by atoms with E-state index in [2.05, 4.69) is 27.6 Å². The molecule has 3 atom stereocenters. The largest absolute Gasteiger partial charge is 0.351 e. The third kappa shape index (κ3) is 3.69. The summed E-state index contributed by atoms with van der Waals surface area (Å²) in [5, 5.41) is 16.5. The Balaban J connectivity index is 1.78. The second-order valence-corrected chi connectivity index (χ2v) is 8.88. The number of nitrogens with one attached hydrogen (secondary N) is 2. The molecule has 1 aliphatic heterocycles. The number of fused-ring (bicyclic) bond motifs is 1. The number of amides is 1. The van der Waals surface area contributed by atoms with Gasteiger partial charge >= 0.3 is 0 Å². The van der Waals surface area contributed by atoms with E-state index in [1.165, 1.54) is 0 Å². The van der Waals surface area contributed by atoms with Gasteiger partial charge in [-0.05, 0) is 38.2 Å². The van der Waals surface area contributed by atoms with Crippen molar-refractivity contribution in [2.45, 2.75) is 44.9 Å². The normalized spacial score (nSPS) is 20.5. The van der Waals surface area contributed by atoms with Crippen LogP contribution in [0.3, 0.4) is 0 Å². The molecule has 0 unspecified atom stereocenters. The number of nitrogens with zero attached hydrogens (tertiary/aromatic N) is 5. The maximum atomic E-state index is 13.5. The van der Waals surface area contributed by atoms with Crippen molar-refractivity contribution in [3.8, 4) is 0 Å². The molecule has 0 saturated heterocycles. The highest BCUT2D eigenvalue weighted by Crippen LogP contribution is 2.38. The highest BCUT2D eigenvalue weighted by molar-refractivity contribution is 7.99. The van der Waals surface area contributed by atoms with Crippen LogP contribution in [-0.2, 0) is 11.8 Å². The number of hydrogen-bond donors (Lipinski definition) is 2. The van der Waals surface area contributed by atoms with Crippen LogP contribution in [0.15, 0.2) is 35.6 Å². The van der Waals surface area contributed by atoms with Crippen LogP contribution in [0.4, 0.5) is 11.6 Å². The highest BCUT2D eigenvalue weighted by Gasteiger charge is 2.43. The van der Waals surface area contributed by atoms with Crippen molar-refractivity contribution in [2.24, 2.45) is 13.0 Å². The average Bonchev–Trinajstić information content (AvgIpc) is 3.24. The molecule has 0 radical (unpaired) electrons. The number of rotatable bonds is 5. The first-order chi connectivity index (χ1) is 14.4. The van der Waals surface area contributed by atoms with E-state index in [0.29, 0.717) is 11.1 Å². The summed E-state index contributed by atoms with van der Waals surface area (Å²) in [6, 6.07) is 7.38. The molecule has 4 rings (SSSR count). The summed E-state index contributed by atoms with van der Waals surface area (Å²) in [5.41, 5.74) is 3.72. The summed E-state index contributed by atoms with van der Waals surface area (Å²) in [4.78, 5) is 18.2.